The van der Waals surface area contributed by atoms with Gasteiger partial charge in [0, 0.05) is 56.8 Å². The Morgan fingerprint density at radius 2 is 1.79 bits per heavy atom. The number of methoxy groups -OCH3 is 2. The fourth-order valence-corrected chi connectivity index (χ4v) is 4.52. The van der Waals surface area contributed by atoms with Crippen LogP contribution in [0.2, 0.25) is 0 Å². The van der Waals surface area contributed by atoms with E-state index in [9.17, 15) is 14.4 Å². The Morgan fingerprint density at radius 3 is 2.29 bits per heavy atom. The predicted octanol–water partition coefficient (Wildman–Crippen LogP) is 4.37. The number of hydrogen-bond acceptors (Lipinski definition) is 6. The first kappa shape index (κ1) is 28.0. The van der Waals surface area contributed by atoms with Crippen molar-refractivity contribution in [2.24, 2.45) is 17.8 Å². The highest BCUT2D eigenvalue weighted by molar-refractivity contribution is 5.98. The molecule has 0 aliphatic carbocycles. The maximum Gasteiger partial charge on any atom is 0.229 e. The average molecular weight is 475 g/mol. The minimum atomic E-state index is -0.141. The van der Waals surface area contributed by atoms with Crippen LogP contribution in [-0.2, 0) is 25.5 Å². The molecular weight excluding hydrogens is 432 g/mol. The van der Waals surface area contributed by atoms with Crippen molar-refractivity contribution in [3.63, 3.8) is 0 Å². The Labute approximate surface area is 204 Å². The molecule has 2 unspecified atom stereocenters. The van der Waals surface area contributed by atoms with Gasteiger partial charge < -0.3 is 14.4 Å². The van der Waals surface area contributed by atoms with Crippen LogP contribution in [0, 0.1) is 17.8 Å². The van der Waals surface area contributed by atoms with E-state index >= 15 is 0 Å². The monoisotopic (exact) mass is 474 g/mol. The number of nitrogens with zero attached hydrogens (tertiary/aromatic N) is 1. The number of carbonyl (C=O) groups excluding carboxylic acids is 3. The molecule has 2 amide bonds. The quantitative estimate of drug-likeness (QED) is 0.342. The highest BCUT2D eigenvalue weighted by atomic mass is 16.7. The number of nitrogens with one attached hydrogen (secondary N) is 1. The fraction of sp³-hybridized carbons (Fsp3) is 0.667. The number of ether oxygens (including phenoxy) is 2. The van der Waals surface area contributed by atoms with Crippen molar-refractivity contribution >= 4 is 23.3 Å². The third kappa shape index (κ3) is 7.91. The van der Waals surface area contributed by atoms with Gasteiger partial charge in [0.15, 0.2) is 12.1 Å². The van der Waals surface area contributed by atoms with E-state index in [1.165, 1.54) is 11.3 Å². The summed E-state index contributed by atoms with van der Waals surface area (Å²) in [6, 6.07) is 6.34. The Morgan fingerprint density at radius 1 is 1.15 bits per heavy atom. The topological polar surface area (TPSA) is 84.9 Å². The molecule has 7 heteroatoms. The Balaban J connectivity index is 0.000000379. The number of benzene rings is 1. The highest BCUT2D eigenvalue weighted by Crippen LogP contribution is 2.29. The van der Waals surface area contributed by atoms with Crippen LogP contribution in [0.3, 0.4) is 0 Å². The van der Waals surface area contributed by atoms with Crippen LogP contribution in [0.1, 0.15) is 75.7 Å². The van der Waals surface area contributed by atoms with Crippen molar-refractivity contribution in [1.29, 1.82) is 0 Å². The van der Waals surface area contributed by atoms with Crippen LogP contribution in [0.15, 0.2) is 18.2 Å². The van der Waals surface area contributed by atoms with Crippen LogP contribution in [0.5, 0.6) is 0 Å². The first-order valence-corrected chi connectivity index (χ1v) is 12.5. The molecule has 2 atom stereocenters. The number of carbonyl (C=O) groups is 3. The number of Topliss-reactive ketones (excluding diaryl/α,β-unsaturated/α-hetero) is 1. The zero-order valence-corrected chi connectivity index (χ0v) is 21.7. The van der Waals surface area contributed by atoms with Crippen molar-refractivity contribution in [3.8, 4) is 0 Å². The number of anilines is 1. The maximum absolute atomic E-state index is 12.0. The molecule has 0 saturated carbocycles. The normalized spacial score (nSPS) is 20.0. The summed E-state index contributed by atoms with van der Waals surface area (Å²) in [7, 11) is 3.42. The summed E-state index contributed by atoms with van der Waals surface area (Å²) >= 11 is 0. The van der Waals surface area contributed by atoms with Gasteiger partial charge in [0.2, 0.25) is 11.8 Å². The van der Waals surface area contributed by atoms with Gasteiger partial charge in [-0.1, -0.05) is 27.2 Å². The summed E-state index contributed by atoms with van der Waals surface area (Å²) in [6.45, 7) is 9.93. The molecule has 2 saturated heterocycles. The predicted molar refractivity (Wildman–Crippen MR) is 134 cm³/mol. The SMILES string of the molecule is CC1CCC(=O)NC1=O.CCC(C)Cc1cc(N2CCC(C(OC)OC)CC2)ccc1C(C)=O. The van der Waals surface area contributed by atoms with Crippen molar-refractivity contribution < 1.29 is 23.9 Å². The van der Waals surface area contributed by atoms with Crippen LogP contribution in [-0.4, -0.2) is 51.2 Å². The molecule has 0 aromatic heterocycles. The van der Waals surface area contributed by atoms with E-state index in [-0.39, 0.29) is 29.8 Å². The molecule has 2 fully saturated rings. The van der Waals surface area contributed by atoms with E-state index in [1.54, 1.807) is 21.1 Å². The smallest absolute Gasteiger partial charge is 0.229 e. The summed E-state index contributed by atoms with van der Waals surface area (Å²) in [5.74, 6) is 0.934. The molecule has 2 aliphatic heterocycles. The van der Waals surface area contributed by atoms with Crippen LogP contribution in [0.4, 0.5) is 5.69 Å². The Kier molecular flexibility index (Phi) is 11.2. The lowest BCUT2D eigenvalue weighted by Gasteiger charge is -2.36. The van der Waals surface area contributed by atoms with E-state index in [0.29, 0.717) is 24.7 Å². The third-order valence-corrected chi connectivity index (χ3v) is 7.00. The van der Waals surface area contributed by atoms with Crippen LogP contribution in [0.25, 0.3) is 0 Å². The van der Waals surface area contributed by atoms with Gasteiger partial charge in [0.1, 0.15) is 0 Å². The van der Waals surface area contributed by atoms with Crippen LogP contribution >= 0.6 is 0 Å². The van der Waals surface area contributed by atoms with Gasteiger partial charge in [-0.2, -0.15) is 0 Å². The maximum atomic E-state index is 12.0. The van der Waals surface area contributed by atoms with Crippen molar-refractivity contribution in [1.82, 2.24) is 5.32 Å². The summed E-state index contributed by atoms with van der Waals surface area (Å²) in [4.78, 5) is 35.5. The van der Waals surface area contributed by atoms with E-state index < -0.39 is 0 Å². The van der Waals surface area contributed by atoms with Crippen molar-refractivity contribution in [2.45, 2.75) is 72.5 Å². The van der Waals surface area contributed by atoms with Gasteiger partial charge in [-0.25, -0.2) is 0 Å². The van der Waals surface area contributed by atoms with Crippen LogP contribution < -0.4 is 10.2 Å². The van der Waals surface area contributed by atoms with Crippen molar-refractivity contribution in [3.05, 3.63) is 29.3 Å². The summed E-state index contributed by atoms with van der Waals surface area (Å²) in [5.41, 5.74) is 3.29. The second-order valence-corrected chi connectivity index (χ2v) is 9.63. The van der Waals surface area contributed by atoms with E-state index in [4.69, 9.17) is 9.47 Å². The first-order chi connectivity index (χ1) is 16.2. The Bertz CT molecular complexity index is 828. The lowest BCUT2D eigenvalue weighted by Crippen LogP contribution is -2.39. The first-order valence-electron chi connectivity index (χ1n) is 12.5. The molecule has 1 aromatic rings. The lowest BCUT2D eigenvalue weighted by molar-refractivity contribution is -0.141. The molecule has 2 aliphatic rings. The van der Waals surface area contributed by atoms with E-state index in [2.05, 4.69) is 36.2 Å². The number of imide groups is 1. The minimum absolute atomic E-state index is 0.0164. The van der Waals surface area contributed by atoms with Gasteiger partial charge >= 0.3 is 0 Å². The molecule has 1 N–H and O–H groups in total. The molecular formula is C27H42N2O5. The second kappa shape index (κ2) is 13.6. The zero-order chi connectivity index (χ0) is 25.3. The molecule has 34 heavy (non-hydrogen) atoms. The molecule has 3 rings (SSSR count). The van der Waals surface area contributed by atoms with Gasteiger partial charge in [-0.05, 0) is 62.3 Å². The van der Waals surface area contributed by atoms with Gasteiger partial charge in [0.05, 0.1) is 0 Å². The Hall–Kier alpha value is -2.25. The number of rotatable bonds is 8. The number of ketones is 1. The largest absolute Gasteiger partial charge is 0.372 e. The minimum Gasteiger partial charge on any atom is -0.372 e. The molecule has 1 aromatic carbocycles. The molecule has 190 valence electrons. The summed E-state index contributed by atoms with van der Waals surface area (Å²) < 4.78 is 10.8. The number of amides is 2. The number of piperidine rings is 2. The zero-order valence-electron chi connectivity index (χ0n) is 21.7. The molecule has 0 spiro atoms. The van der Waals surface area contributed by atoms with Crippen molar-refractivity contribution in [2.75, 3.05) is 32.2 Å². The van der Waals surface area contributed by atoms with Gasteiger partial charge in [0.25, 0.3) is 0 Å². The van der Waals surface area contributed by atoms with E-state index in [1.807, 2.05) is 13.0 Å². The van der Waals surface area contributed by atoms with E-state index in [0.717, 1.165) is 44.3 Å². The third-order valence-electron chi connectivity index (χ3n) is 7.00. The van der Waals surface area contributed by atoms with Gasteiger partial charge in [-0.15, -0.1) is 0 Å². The molecule has 0 radical (unpaired) electrons. The molecule has 7 nitrogen and oxygen atoms in total. The second-order valence-electron chi connectivity index (χ2n) is 9.63. The molecule has 2 heterocycles. The fourth-order valence-electron chi connectivity index (χ4n) is 4.52. The average Bonchev–Trinajstić information content (AvgIpc) is 2.83. The van der Waals surface area contributed by atoms with Gasteiger partial charge in [-0.3, -0.25) is 19.7 Å². The number of hydrogen-bond donors (Lipinski definition) is 1. The summed E-state index contributed by atoms with van der Waals surface area (Å²) in [6.07, 6.45) is 5.29. The lowest BCUT2D eigenvalue weighted by atomic mass is 9.92. The summed E-state index contributed by atoms with van der Waals surface area (Å²) in [5, 5.41) is 2.25. The standard InChI is InChI=1S/C21H33NO3.C6H9NO2/c1-6-15(2)13-18-14-19(7-8-20(18)16(3)23)22-11-9-17(10-12-22)21(24-4)25-5;1-4-2-3-5(8)7-6(4)9/h7-8,14-15,17,21H,6,9-13H2,1-5H3;4H,2-3H2,1H3,(H,7,8,9). The highest BCUT2D eigenvalue weighted by Gasteiger charge is 2.27. The molecule has 0 bridgehead atoms.